The Morgan fingerprint density at radius 1 is 0.629 bits per heavy atom. The highest BCUT2D eigenvalue weighted by molar-refractivity contribution is 6.20. The molecule has 0 fully saturated rings. The first-order valence-corrected chi connectivity index (χ1v) is 11.4. The normalized spacial score (nSPS) is 20.3. The van der Waals surface area contributed by atoms with E-state index in [0.29, 0.717) is 24.3 Å². The minimum absolute atomic E-state index is 0.000803. The number of benzene rings is 1. The fourth-order valence-electron chi connectivity index (χ4n) is 3.51. The van der Waals surface area contributed by atoms with Gasteiger partial charge in [-0.1, -0.05) is 18.2 Å². The Hall–Kier alpha value is -2.73. The number of allylic oxidation sites excluding steroid dienone is 2. The quantitative estimate of drug-likeness (QED) is 0.579. The lowest BCUT2D eigenvalue weighted by Gasteiger charge is -2.15. The molecule has 0 radical (unpaired) electrons. The third-order valence-corrected chi connectivity index (χ3v) is 5.19. The molecule has 1 aromatic rings. The first-order valence-electron chi connectivity index (χ1n) is 11.4. The maximum absolute atomic E-state index is 12.5. The second-order valence-electron chi connectivity index (χ2n) is 7.76. The fourth-order valence-corrected chi connectivity index (χ4v) is 3.51. The van der Waals surface area contributed by atoms with Gasteiger partial charge >= 0.3 is 5.97 Å². The molecular formula is C25H30O10. The number of carbonyl (C=O) groups is 3. The van der Waals surface area contributed by atoms with Crippen LogP contribution in [0.25, 0.3) is 0 Å². The number of hydrogen-bond donors (Lipinski definition) is 1. The first kappa shape index (κ1) is 26.9. The monoisotopic (exact) mass is 490 g/mol. The van der Waals surface area contributed by atoms with Crippen molar-refractivity contribution in [3.05, 3.63) is 58.2 Å². The molecular weight excluding hydrogens is 460 g/mol. The highest BCUT2D eigenvalue weighted by atomic mass is 16.5. The third-order valence-electron chi connectivity index (χ3n) is 5.19. The minimum Gasteiger partial charge on any atom is -0.478 e. The van der Waals surface area contributed by atoms with E-state index in [-0.39, 0.29) is 94.3 Å². The molecule has 10 heteroatoms. The molecule has 2 aliphatic rings. The van der Waals surface area contributed by atoms with Gasteiger partial charge in [-0.2, -0.15) is 0 Å². The number of rotatable bonds is 1. The summed E-state index contributed by atoms with van der Waals surface area (Å²) in [5, 5.41) is 9.67. The summed E-state index contributed by atoms with van der Waals surface area (Å²) in [4.78, 5) is 36.3. The van der Waals surface area contributed by atoms with Crippen molar-refractivity contribution in [2.24, 2.45) is 0 Å². The Bertz CT molecular complexity index is 887. The molecule has 1 aromatic carbocycles. The molecule has 0 saturated heterocycles. The molecule has 1 aliphatic carbocycles. The number of carbonyl (C=O) groups excluding carboxylic acids is 2. The molecule has 35 heavy (non-hydrogen) atoms. The van der Waals surface area contributed by atoms with Crippen LogP contribution in [0.3, 0.4) is 0 Å². The van der Waals surface area contributed by atoms with Crippen LogP contribution in [0.1, 0.15) is 21.5 Å². The molecule has 0 aromatic heterocycles. The van der Waals surface area contributed by atoms with Gasteiger partial charge in [-0.25, -0.2) is 4.79 Å². The number of ketones is 2. The van der Waals surface area contributed by atoms with Gasteiger partial charge in [0, 0.05) is 11.1 Å². The van der Waals surface area contributed by atoms with Crippen molar-refractivity contribution in [1.82, 2.24) is 0 Å². The summed E-state index contributed by atoms with van der Waals surface area (Å²) in [5.74, 6) is -1.59. The molecule has 0 spiro atoms. The molecule has 0 amide bonds. The van der Waals surface area contributed by atoms with Crippen LogP contribution in [0.5, 0.6) is 0 Å². The van der Waals surface area contributed by atoms with E-state index in [4.69, 9.17) is 28.4 Å². The standard InChI is InChI=1S/C25H30O10/c26-22-12-20-16-34-10-6-30-4-8-32-14-18-2-1-3-19(23(18)25(28)29)15-33-9-5-31-7-11-35-17-21(13-22)24(20)27/h1-3,12-13H,4-11,14-17H2,(H,28,29). The molecule has 190 valence electrons. The van der Waals surface area contributed by atoms with E-state index in [1.165, 1.54) is 12.2 Å². The van der Waals surface area contributed by atoms with Gasteiger partial charge in [0.25, 0.3) is 0 Å². The van der Waals surface area contributed by atoms with Crippen LogP contribution in [0.15, 0.2) is 41.5 Å². The van der Waals surface area contributed by atoms with E-state index in [0.717, 1.165) is 0 Å². The number of carboxylic acid groups (broad SMARTS) is 1. The van der Waals surface area contributed by atoms with E-state index < -0.39 is 5.97 Å². The number of hydrogen-bond acceptors (Lipinski definition) is 9. The van der Waals surface area contributed by atoms with Crippen LogP contribution in [-0.2, 0) is 51.2 Å². The fraction of sp³-hybridized carbons (Fsp3) is 0.480. The Morgan fingerprint density at radius 2 is 1.03 bits per heavy atom. The van der Waals surface area contributed by atoms with Crippen LogP contribution in [0, 0.1) is 0 Å². The van der Waals surface area contributed by atoms with E-state index >= 15 is 0 Å². The van der Waals surface area contributed by atoms with E-state index in [9.17, 15) is 19.5 Å². The van der Waals surface area contributed by atoms with Gasteiger partial charge in [-0.05, 0) is 23.3 Å². The molecule has 0 atom stereocenters. The molecule has 0 saturated carbocycles. The number of ether oxygens (including phenoxy) is 6. The summed E-state index contributed by atoms with van der Waals surface area (Å²) in [5.41, 5.74) is 1.83. The van der Waals surface area contributed by atoms with Gasteiger partial charge in [0.1, 0.15) is 0 Å². The number of fused-ring (bicyclic) bond motifs is 4. The topological polar surface area (TPSA) is 127 Å². The molecule has 1 aliphatic heterocycles. The van der Waals surface area contributed by atoms with Crippen molar-refractivity contribution in [2.75, 3.05) is 66.1 Å². The van der Waals surface area contributed by atoms with Crippen molar-refractivity contribution < 1.29 is 47.9 Å². The van der Waals surface area contributed by atoms with Gasteiger partial charge in [0.15, 0.2) is 11.6 Å². The van der Waals surface area contributed by atoms with Crippen molar-refractivity contribution >= 4 is 17.5 Å². The van der Waals surface area contributed by atoms with Crippen LogP contribution in [-0.4, -0.2) is 88.7 Å². The van der Waals surface area contributed by atoms with Crippen LogP contribution in [0.2, 0.25) is 0 Å². The van der Waals surface area contributed by atoms with Crippen molar-refractivity contribution in [3.63, 3.8) is 0 Å². The lowest BCUT2D eigenvalue weighted by Crippen LogP contribution is -2.22. The predicted molar refractivity (Wildman–Crippen MR) is 122 cm³/mol. The summed E-state index contributed by atoms with van der Waals surface area (Å²) in [6.45, 7) is 2.38. The Labute approximate surface area is 203 Å². The zero-order valence-corrected chi connectivity index (χ0v) is 19.5. The van der Waals surface area contributed by atoms with Crippen molar-refractivity contribution in [2.45, 2.75) is 13.2 Å². The number of carboxylic acids is 1. The third kappa shape index (κ3) is 8.77. The smallest absolute Gasteiger partial charge is 0.336 e. The van der Waals surface area contributed by atoms with Gasteiger partial charge in [0.05, 0.1) is 84.8 Å². The molecule has 4 bridgehead atoms. The first-order chi connectivity index (χ1) is 17.1. The van der Waals surface area contributed by atoms with Gasteiger partial charge < -0.3 is 33.5 Å². The lowest BCUT2D eigenvalue weighted by atomic mass is 9.97. The van der Waals surface area contributed by atoms with Gasteiger partial charge in [0.2, 0.25) is 0 Å². The van der Waals surface area contributed by atoms with Crippen molar-refractivity contribution in [1.29, 1.82) is 0 Å². The van der Waals surface area contributed by atoms with Crippen LogP contribution in [0.4, 0.5) is 0 Å². The summed E-state index contributed by atoms with van der Waals surface area (Å²) < 4.78 is 33.0. The van der Waals surface area contributed by atoms with E-state index in [2.05, 4.69) is 0 Å². The largest absolute Gasteiger partial charge is 0.478 e. The predicted octanol–water partition coefficient (Wildman–Crippen LogP) is 1.50. The molecule has 1 heterocycles. The Balaban J connectivity index is 1.56. The molecule has 3 rings (SSSR count). The minimum atomic E-state index is -1.04. The Kier molecular flexibility index (Phi) is 11.2. The average Bonchev–Trinajstić information content (AvgIpc) is 2.83. The molecule has 10 nitrogen and oxygen atoms in total. The maximum atomic E-state index is 12.5. The zero-order chi connectivity index (χ0) is 24.9. The summed E-state index contributed by atoms with van der Waals surface area (Å²) in [6, 6.07) is 5.19. The lowest BCUT2D eigenvalue weighted by molar-refractivity contribution is -0.116. The summed E-state index contributed by atoms with van der Waals surface area (Å²) in [7, 11) is 0. The maximum Gasteiger partial charge on any atom is 0.336 e. The second kappa shape index (κ2) is 14.6. The van der Waals surface area contributed by atoms with Crippen molar-refractivity contribution in [3.8, 4) is 0 Å². The Morgan fingerprint density at radius 3 is 1.46 bits per heavy atom. The summed E-state index contributed by atoms with van der Waals surface area (Å²) in [6.07, 6.45) is 2.54. The van der Waals surface area contributed by atoms with E-state index in [1.807, 2.05) is 0 Å². The van der Waals surface area contributed by atoms with Gasteiger partial charge in [-0.15, -0.1) is 0 Å². The average molecular weight is 491 g/mol. The van der Waals surface area contributed by atoms with Crippen LogP contribution < -0.4 is 0 Å². The highest BCUT2D eigenvalue weighted by Crippen LogP contribution is 2.18. The summed E-state index contributed by atoms with van der Waals surface area (Å²) >= 11 is 0. The zero-order valence-electron chi connectivity index (χ0n) is 19.5. The van der Waals surface area contributed by atoms with Crippen LogP contribution >= 0.6 is 0 Å². The SMILES string of the molecule is O=C1C=C2COCCOCCOCc3cccc(c3C(=O)O)COCCOCCOCC(=C1)C2=O. The number of aromatic carboxylic acids is 1. The van der Waals surface area contributed by atoms with Gasteiger partial charge in [-0.3, -0.25) is 9.59 Å². The highest BCUT2D eigenvalue weighted by Gasteiger charge is 2.22. The second-order valence-corrected chi connectivity index (χ2v) is 7.76. The molecule has 0 unspecified atom stereocenters. The van der Waals surface area contributed by atoms with E-state index in [1.54, 1.807) is 18.2 Å². The number of Topliss-reactive ketones (excluding diaryl/α,β-unsaturated/α-hetero) is 1. The molecule has 1 N–H and O–H groups in total.